The van der Waals surface area contributed by atoms with Crippen LogP contribution in [0.2, 0.25) is 0 Å². The number of aryl methyl sites for hydroxylation is 2. The minimum Gasteiger partial charge on any atom is -0.491 e. The predicted molar refractivity (Wildman–Crippen MR) is 137 cm³/mol. The Morgan fingerprint density at radius 1 is 1.03 bits per heavy atom. The number of imidazole rings is 1. The summed E-state index contributed by atoms with van der Waals surface area (Å²) >= 11 is 0. The van der Waals surface area contributed by atoms with E-state index in [9.17, 15) is 4.79 Å². The van der Waals surface area contributed by atoms with Gasteiger partial charge in [-0.05, 0) is 54.2 Å². The number of ether oxygens (including phenoxy) is 1. The van der Waals surface area contributed by atoms with Crippen molar-refractivity contribution in [3.63, 3.8) is 0 Å². The van der Waals surface area contributed by atoms with Crippen LogP contribution in [0.1, 0.15) is 48.7 Å². The van der Waals surface area contributed by atoms with Gasteiger partial charge in [0.2, 0.25) is 5.91 Å². The van der Waals surface area contributed by atoms with E-state index >= 15 is 0 Å². The zero-order valence-electron chi connectivity index (χ0n) is 20.3. The van der Waals surface area contributed by atoms with Crippen molar-refractivity contribution in [3.05, 3.63) is 95.3 Å². The lowest BCUT2D eigenvalue weighted by atomic mass is 10.0. The number of carbonyl (C=O) groups excluding carboxylic acids is 1. The molecule has 0 aliphatic rings. The molecule has 1 amide bonds. The number of fused-ring (bicyclic) bond motifs is 1. The number of amides is 1. The molecule has 1 N–H and O–H groups in total. The molecule has 0 saturated carbocycles. The molecular weight excluding hydrogens is 422 g/mol. The van der Waals surface area contributed by atoms with E-state index in [0.717, 1.165) is 29.0 Å². The standard InChI is InChI=1S/C29H33N3O2/c1-21(2)24-15-13-22(3)19-27(24)34-18-17-32-26-12-8-7-11-25(26)31-28(32)20-30-29(33)16-14-23-9-5-4-6-10-23/h4-13,15,19,21H,14,16-18,20H2,1-3H3,(H,30,33). The molecule has 0 unspecified atom stereocenters. The Labute approximate surface area is 201 Å². The van der Waals surface area contributed by atoms with Crippen molar-refractivity contribution in [1.82, 2.24) is 14.9 Å². The van der Waals surface area contributed by atoms with Crippen molar-refractivity contribution < 1.29 is 9.53 Å². The molecule has 1 aromatic heterocycles. The summed E-state index contributed by atoms with van der Waals surface area (Å²) in [5.74, 6) is 2.20. The maximum atomic E-state index is 12.5. The van der Waals surface area contributed by atoms with Crippen molar-refractivity contribution in [3.8, 4) is 5.75 Å². The monoisotopic (exact) mass is 455 g/mol. The van der Waals surface area contributed by atoms with Crippen LogP contribution in [0.3, 0.4) is 0 Å². The Balaban J connectivity index is 1.42. The van der Waals surface area contributed by atoms with Gasteiger partial charge >= 0.3 is 0 Å². The maximum Gasteiger partial charge on any atom is 0.220 e. The van der Waals surface area contributed by atoms with Gasteiger partial charge in [0.05, 0.1) is 24.1 Å². The number of hydrogen-bond donors (Lipinski definition) is 1. The molecule has 0 aliphatic heterocycles. The van der Waals surface area contributed by atoms with Crippen LogP contribution in [0.15, 0.2) is 72.8 Å². The summed E-state index contributed by atoms with van der Waals surface area (Å²) in [4.78, 5) is 17.3. The summed E-state index contributed by atoms with van der Waals surface area (Å²) in [5.41, 5.74) is 5.54. The van der Waals surface area contributed by atoms with Gasteiger partial charge in [0.15, 0.2) is 0 Å². The number of benzene rings is 3. The van der Waals surface area contributed by atoms with Gasteiger partial charge in [0.1, 0.15) is 18.2 Å². The molecular formula is C29H33N3O2. The van der Waals surface area contributed by atoms with E-state index in [0.29, 0.717) is 32.0 Å². The lowest BCUT2D eigenvalue weighted by molar-refractivity contribution is -0.121. The van der Waals surface area contributed by atoms with E-state index in [-0.39, 0.29) is 5.91 Å². The normalized spacial score (nSPS) is 11.2. The van der Waals surface area contributed by atoms with Crippen LogP contribution in [0.5, 0.6) is 5.75 Å². The van der Waals surface area contributed by atoms with Crippen LogP contribution in [0, 0.1) is 6.92 Å². The summed E-state index contributed by atoms with van der Waals surface area (Å²) < 4.78 is 8.38. The highest BCUT2D eigenvalue weighted by Gasteiger charge is 2.13. The van der Waals surface area contributed by atoms with Crippen LogP contribution in [-0.4, -0.2) is 22.1 Å². The molecule has 176 valence electrons. The quantitative estimate of drug-likeness (QED) is 0.329. The summed E-state index contributed by atoms with van der Waals surface area (Å²) in [5, 5.41) is 3.05. The first-order valence-electron chi connectivity index (χ1n) is 12.0. The number of nitrogens with one attached hydrogen (secondary N) is 1. The van der Waals surface area contributed by atoms with Gasteiger partial charge in [-0.3, -0.25) is 4.79 Å². The van der Waals surface area contributed by atoms with Crippen LogP contribution in [-0.2, 0) is 24.3 Å². The van der Waals surface area contributed by atoms with Gasteiger partial charge < -0.3 is 14.6 Å². The number of carbonyl (C=O) groups is 1. The van der Waals surface area contributed by atoms with Crippen molar-refractivity contribution >= 4 is 16.9 Å². The molecule has 0 aliphatic carbocycles. The second-order valence-corrected chi connectivity index (χ2v) is 8.98. The molecule has 5 heteroatoms. The Morgan fingerprint density at radius 2 is 1.79 bits per heavy atom. The minimum atomic E-state index is 0.0278. The van der Waals surface area contributed by atoms with Gasteiger partial charge in [-0.25, -0.2) is 4.98 Å². The van der Waals surface area contributed by atoms with Crippen molar-refractivity contribution in [1.29, 1.82) is 0 Å². The van der Waals surface area contributed by atoms with E-state index < -0.39 is 0 Å². The van der Waals surface area contributed by atoms with Gasteiger partial charge in [-0.2, -0.15) is 0 Å². The molecule has 34 heavy (non-hydrogen) atoms. The van der Waals surface area contributed by atoms with Crippen LogP contribution < -0.4 is 10.1 Å². The second-order valence-electron chi connectivity index (χ2n) is 8.98. The molecule has 5 nitrogen and oxygen atoms in total. The molecule has 4 rings (SSSR count). The third kappa shape index (κ3) is 5.84. The highest BCUT2D eigenvalue weighted by atomic mass is 16.5. The lowest BCUT2D eigenvalue weighted by Gasteiger charge is -2.16. The molecule has 0 bridgehead atoms. The Hall–Kier alpha value is -3.60. The van der Waals surface area contributed by atoms with Gasteiger partial charge in [-0.15, -0.1) is 0 Å². The molecule has 0 radical (unpaired) electrons. The molecule has 0 saturated heterocycles. The van der Waals surface area contributed by atoms with Crippen molar-refractivity contribution in [2.24, 2.45) is 0 Å². The Kier molecular flexibility index (Phi) is 7.63. The molecule has 0 spiro atoms. The van der Waals surface area contributed by atoms with Crippen LogP contribution in [0.4, 0.5) is 0 Å². The second kappa shape index (κ2) is 11.0. The number of rotatable bonds is 10. The minimum absolute atomic E-state index is 0.0278. The fourth-order valence-corrected chi connectivity index (χ4v) is 4.17. The molecule has 0 fully saturated rings. The average molecular weight is 456 g/mol. The molecule has 3 aromatic carbocycles. The lowest BCUT2D eigenvalue weighted by Crippen LogP contribution is -2.25. The molecule has 4 aromatic rings. The van der Waals surface area contributed by atoms with Crippen LogP contribution >= 0.6 is 0 Å². The predicted octanol–water partition coefficient (Wildman–Crippen LogP) is 5.80. The van der Waals surface area contributed by atoms with Gasteiger partial charge in [0.25, 0.3) is 0 Å². The Bertz CT molecular complexity index is 1240. The summed E-state index contributed by atoms with van der Waals surface area (Å²) in [6.07, 6.45) is 1.18. The van der Waals surface area contributed by atoms with E-state index in [1.165, 1.54) is 16.7 Å². The van der Waals surface area contributed by atoms with E-state index in [4.69, 9.17) is 9.72 Å². The highest BCUT2D eigenvalue weighted by Crippen LogP contribution is 2.27. The third-order valence-electron chi connectivity index (χ3n) is 6.02. The largest absolute Gasteiger partial charge is 0.491 e. The molecule has 0 atom stereocenters. The topological polar surface area (TPSA) is 56.1 Å². The Morgan fingerprint density at radius 3 is 2.59 bits per heavy atom. The summed E-state index contributed by atoms with van der Waals surface area (Å²) in [6.45, 7) is 8.02. The first kappa shape index (κ1) is 23.6. The zero-order chi connectivity index (χ0) is 23.9. The third-order valence-corrected chi connectivity index (χ3v) is 6.02. The number of aromatic nitrogens is 2. The van der Waals surface area contributed by atoms with Crippen molar-refractivity contribution in [2.45, 2.75) is 52.6 Å². The zero-order valence-corrected chi connectivity index (χ0v) is 20.3. The first-order chi connectivity index (χ1) is 16.5. The highest BCUT2D eigenvalue weighted by molar-refractivity contribution is 5.77. The fourth-order valence-electron chi connectivity index (χ4n) is 4.17. The number of para-hydroxylation sites is 2. The average Bonchev–Trinajstić information content (AvgIpc) is 3.19. The fraction of sp³-hybridized carbons (Fsp3) is 0.310. The summed E-state index contributed by atoms with van der Waals surface area (Å²) in [7, 11) is 0. The maximum absolute atomic E-state index is 12.5. The van der Waals surface area contributed by atoms with Crippen LogP contribution in [0.25, 0.3) is 11.0 Å². The van der Waals surface area contributed by atoms with E-state index in [1.807, 2.05) is 48.5 Å². The van der Waals surface area contributed by atoms with Gasteiger partial charge in [-0.1, -0.05) is 68.4 Å². The SMILES string of the molecule is Cc1ccc(C(C)C)c(OCCn2c(CNC(=O)CCc3ccccc3)nc3ccccc32)c1. The van der Waals surface area contributed by atoms with E-state index in [2.05, 4.69) is 54.9 Å². The number of hydrogen-bond acceptors (Lipinski definition) is 3. The molecule has 1 heterocycles. The smallest absolute Gasteiger partial charge is 0.220 e. The van der Waals surface area contributed by atoms with Gasteiger partial charge in [0, 0.05) is 6.42 Å². The van der Waals surface area contributed by atoms with E-state index in [1.54, 1.807) is 0 Å². The first-order valence-corrected chi connectivity index (χ1v) is 12.0. The van der Waals surface area contributed by atoms with Crippen molar-refractivity contribution in [2.75, 3.05) is 6.61 Å². The number of nitrogens with zero attached hydrogens (tertiary/aromatic N) is 2. The summed E-state index contributed by atoms with van der Waals surface area (Å²) in [6, 6.07) is 24.5.